The highest BCUT2D eigenvalue weighted by atomic mass is 35.5. The fraction of sp³-hybridized carbons (Fsp3) is 0.480. The van der Waals surface area contributed by atoms with Gasteiger partial charge in [-0.25, -0.2) is 19.3 Å². The van der Waals surface area contributed by atoms with E-state index in [-0.39, 0.29) is 20.9 Å². The second-order valence-corrected chi connectivity index (χ2v) is 16.3. The molecule has 0 saturated carbocycles. The lowest BCUT2D eigenvalue weighted by Gasteiger charge is -2.37. The van der Waals surface area contributed by atoms with E-state index < -0.39 is 14.1 Å². The Labute approximate surface area is 233 Å². The number of aromatic nitrogens is 3. The van der Waals surface area contributed by atoms with E-state index in [4.69, 9.17) is 42.1 Å². The van der Waals surface area contributed by atoms with Crippen molar-refractivity contribution in [3.05, 3.63) is 39.9 Å². The van der Waals surface area contributed by atoms with Crippen molar-refractivity contribution in [3.8, 4) is 11.5 Å². The van der Waals surface area contributed by atoms with Crippen molar-refractivity contribution >= 4 is 60.0 Å². The van der Waals surface area contributed by atoms with Crippen molar-refractivity contribution in [3.63, 3.8) is 0 Å². The molecule has 0 N–H and O–H groups in total. The molecular weight excluding hydrogens is 554 g/mol. The van der Waals surface area contributed by atoms with Gasteiger partial charge < -0.3 is 18.8 Å². The topological polar surface area (TPSA) is 69.6 Å². The molecule has 2 aromatic heterocycles. The number of hydrogen-bond acceptors (Lipinski definition) is 8. The smallest absolute Gasteiger partial charge is 0.192 e. The number of benzene rings is 1. The van der Waals surface area contributed by atoms with E-state index in [1.54, 1.807) is 14.2 Å². The van der Waals surface area contributed by atoms with Gasteiger partial charge >= 0.3 is 0 Å². The molecule has 3 aromatic rings. The average molecular weight is 588 g/mol. The molecule has 0 aliphatic carbocycles. The normalized spacial score (nSPS) is 12.2. The van der Waals surface area contributed by atoms with Crippen LogP contribution in [-0.4, -0.2) is 56.9 Å². The highest BCUT2D eigenvalue weighted by molar-refractivity contribution is 7.98. The Morgan fingerprint density at radius 1 is 1.05 bits per heavy atom. The number of pyridine rings is 1. The summed E-state index contributed by atoms with van der Waals surface area (Å²) in [5, 5.41) is 0.426. The zero-order valence-corrected chi connectivity index (χ0v) is 25.7. The number of thioether (sulfide) groups is 1. The lowest BCUT2D eigenvalue weighted by Crippen LogP contribution is -2.43. The summed E-state index contributed by atoms with van der Waals surface area (Å²) in [7, 11) is 1.19. The Morgan fingerprint density at radius 2 is 1.76 bits per heavy atom. The summed E-state index contributed by atoms with van der Waals surface area (Å²) in [5.41, 5.74) is 0.906. The van der Waals surface area contributed by atoms with E-state index in [0.717, 1.165) is 5.56 Å². The summed E-state index contributed by atoms with van der Waals surface area (Å²) >= 11 is 13.8. The van der Waals surface area contributed by atoms with Gasteiger partial charge in [-0.3, -0.25) is 0 Å². The molecule has 0 aliphatic heterocycles. The molecule has 0 amide bonds. The van der Waals surface area contributed by atoms with Gasteiger partial charge in [0.1, 0.15) is 28.0 Å². The Balaban J connectivity index is 2.13. The van der Waals surface area contributed by atoms with Crippen LogP contribution in [0.15, 0.2) is 23.4 Å². The van der Waals surface area contributed by atoms with Crippen LogP contribution < -0.4 is 14.4 Å². The van der Waals surface area contributed by atoms with Crippen molar-refractivity contribution in [1.29, 1.82) is 0 Å². The minimum Gasteiger partial charge on any atom is -0.497 e. The van der Waals surface area contributed by atoms with Crippen LogP contribution in [0, 0.1) is 5.82 Å². The molecule has 2 heterocycles. The summed E-state index contributed by atoms with van der Waals surface area (Å²) in [5.74, 6) is 1.03. The zero-order chi connectivity index (χ0) is 27.5. The Kier molecular flexibility index (Phi) is 9.55. The standard InChI is InChI=1S/C25H33Cl2FN4O3SSi/c1-25(2,3)37(7,8)35-12-11-32(14-15-9-10-16(33-4)13-17(15)34-5)23-18-20(29-24(31-23)36-6)19(28)22(27)30-21(18)26/h9-10,13H,11-12,14H2,1-8H3. The minimum absolute atomic E-state index is 0.0244. The molecule has 0 bridgehead atoms. The predicted octanol–water partition coefficient (Wildman–Crippen LogP) is 7.24. The third-order valence-corrected chi connectivity index (χ3v) is 12.2. The van der Waals surface area contributed by atoms with E-state index >= 15 is 4.39 Å². The molecular formula is C25H33Cl2FN4O3SSi. The number of hydrogen-bond donors (Lipinski definition) is 0. The van der Waals surface area contributed by atoms with Crippen molar-refractivity contribution in [2.45, 2.75) is 50.6 Å². The molecule has 12 heteroatoms. The molecule has 202 valence electrons. The maximum atomic E-state index is 15.1. The van der Waals surface area contributed by atoms with Crippen molar-refractivity contribution < 1.29 is 18.3 Å². The van der Waals surface area contributed by atoms with E-state index in [9.17, 15) is 0 Å². The molecule has 0 aliphatic rings. The molecule has 0 unspecified atom stereocenters. The van der Waals surface area contributed by atoms with Gasteiger partial charge in [0.05, 0.1) is 26.2 Å². The monoisotopic (exact) mass is 586 g/mol. The SMILES string of the molecule is COc1ccc(CN(CCO[Si](C)(C)C(C)(C)C)c2nc(SC)nc3c(F)c(Cl)nc(Cl)c23)c(OC)c1. The van der Waals surface area contributed by atoms with Crippen molar-refractivity contribution in [2.75, 3.05) is 38.5 Å². The first-order valence-electron chi connectivity index (χ1n) is 11.7. The quantitative estimate of drug-likeness (QED) is 0.106. The fourth-order valence-electron chi connectivity index (χ4n) is 3.46. The maximum Gasteiger partial charge on any atom is 0.192 e. The van der Waals surface area contributed by atoms with Crippen molar-refractivity contribution in [1.82, 2.24) is 15.0 Å². The van der Waals surface area contributed by atoms with E-state index in [0.29, 0.717) is 47.6 Å². The molecule has 0 fully saturated rings. The number of rotatable bonds is 10. The molecule has 0 saturated heterocycles. The van der Waals surface area contributed by atoms with Crippen LogP contribution >= 0.6 is 35.0 Å². The lowest BCUT2D eigenvalue weighted by atomic mass is 10.1. The highest BCUT2D eigenvalue weighted by Crippen LogP contribution is 2.38. The number of fused-ring (bicyclic) bond motifs is 1. The summed E-state index contributed by atoms with van der Waals surface area (Å²) in [4.78, 5) is 15.1. The van der Waals surface area contributed by atoms with Crippen LogP contribution in [-0.2, 0) is 11.0 Å². The first kappa shape index (κ1) is 29.7. The first-order valence-corrected chi connectivity index (χ1v) is 16.6. The third kappa shape index (κ3) is 6.60. The second kappa shape index (κ2) is 11.9. The maximum absolute atomic E-state index is 15.1. The summed E-state index contributed by atoms with van der Waals surface area (Å²) in [6.45, 7) is 12.3. The summed E-state index contributed by atoms with van der Waals surface area (Å²) in [6, 6.07) is 5.61. The molecule has 0 radical (unpaired) electrons. The van der Waals surface area contributed by atoms with Gasteiger partial charge in [-0.15, -0.1) is 0 Å². The first-order chi connectivity index (χ1) is 17.3. The van der Waals surface area contributed by atoms with Gasteiger partial charge in [-0.05, 0) is 36.5 Å². The van der Waals surface area contributed by atoms with E-state index in [1.807, 2.05) is 29.4 Å². The number of anilines is 1. The van der Waals surface area contributed by atoms with Crippen LogP contribution in [0.3, 0.4) is 0 Å². The number of methoxy groups -OCH3 is 2. The van der Waals surface area contributed by atoms with E-state index in [1.165, 1.54) is 11.8 Å². The molecule has 0 spiro atoms. The molecule has 0 atom stereocenters. The van der Waals surface area contributed by atoms with Crippen LogP contribution in [0.25, 0.3) is 10.9 Å². The van der Waals surface area contributed by atoms with E-state index in [2.05, 4.69) is 43.8 Å². The molecule has 7 nitrogen and oxygen atoms in total. The average Bonchev–Trinajstić information content (AvgIpc) is 2.85. The van der Waals surface area contributed by atoms with Gasteiger partial charge in [0.15, 0.2) is 24.4 Å². The highest BCUT2D eigenvalue weighted by Gasteiger charge is 2.37. The number of ether oxygens (including phenoxy) is 2. The van der Waals surface area contributed by atoms with Crippen LogP contribution in [0.5, 0.6) is 11.5 Å². The summed E-state index contributed by atoms with van der Waals surface area (Å²) in [6.07, 6.45) is 1.82. The van der Waals surface area contributed by atoms with Crippen LogP contribution in [0.1, 0.15) is 26.3 Å². The Bertz CT molecular complexity index is 1280. The second-order valence-electron chi connectivity index (χ2n) is 9.97. The molecule has 1 aromatic carbocycles. The largest absolute Gasteiger partial charge is 0.497 e. The molecule has 37 heavy (non-hydrogen) atoms. The Hall–Kier alpha value is -1.85. The summed E-state index contributed by atoms with van der Waals surface area (Å²) < 4.78 is 32.5. The minimum atomic E-state index is -2.01. The number of halogens is 3. The lowest BCUT2D eigenvalue weighted by molar-refractivity contribution is 0.293. The van der Waals surface area contributed by atoms with Gasteiger partial charge in [-0.2, -0.15) is 0 Å². The van der Waals surface area contributed by atoms with Crippen molar-refractivity contribution in [2.24, 2.45) is 0 Å². The number of nitrogens with zero attached hydrogens (tertiary/aromatic N) is 4. The Morgan fingerprint density at radius 3 is 2.35 bits per heavy atom. The van der Waals surface area contributed by atoms with Gasteiger partial charge in [-0.1, -0.05) is 55.7 Å². The third-order valence-electron chi connectivity index (χ3n) is 6.63. The van der Waals surface area contributed by atoms with Gasteiger partial charge in [0.25, 0.3) is 0 Å². The molecule has 3 rings (SSSR count). The fourth-order valence-corrected chi connectivity index (χ4v) is 5.33. The zero-order valence-electron chi connectivity index (χ0n) is 22.4. The van der Waals surface area contributed by atoms with Crippen LogP contribution in [0.4, 0.5) is 10.2 Å². The predicted molar refractivity (Wildman–Crippen MR) is 153 cm³/mol. The van der Waals surface area contributed by atoms with Gasteiger partial charge in [0, 0.05) is 24.7 Å². The van der Waals surface area contributed by atoms with Gasteiger partial charge in [0.2, 0.25) is 0 Å². The van der Waals surface area contributed by atoms with Crippen LogP contribution in [0.2, 0.25) is 28.4 Å².